The van der Waals surface area contributed by atoms with E-state index in [9.17, 15) is 0 Å². The number of benzene rings is 1. The molecule has 14 heavy (non-hydrogen) atoms. The van der Waals surface area contributed by atoms with Crippen LogP contribution in [0.15, 0.2) is 30.3 Å². The van der Waals surface area contributed by atoms with Crippen LogP contribution >= 0.6 is 0 Å². The van der Waals surface area contributed by atoms with Gasteiger partial charge in [-0.25, -0.2) is 0 Å². The summed E-state index contributed by atoms with van der Waals surface area (Å²) in [6, 6.07) is 10.7. The minimum Gasteiger partial charge on any atom is -0.299 e. The zero-order chi connectivity index (χ0) is 10.4. The van der Waals surface area contributed by atoms with Gasteiger partial charge < -0.3 is 0 Å². The van der Waals surface area contributed by atoms with Crippen molar-refractivity contribution in [3.8, 4) is 0 Å². The van der Waals surface area contributed by atoms with E-state index in [-0.39, 0.29) is 0 Å². The summed E-state index contributed by atoms with van der Waals surface area (Å²) in [4.78, 5) is 2.49. The molecule has 0 saturated heterocycles. The molecule has 1 aromatic rings. The molecule has 0 bridgehead atoms. The van der Waals surface area contributed by atoms with Crippen molar-refractivity contribution in [2.45, 2.75) is 27.3 Å². The molecule has 78 valence electrons. The van der Waals surface area contributed by atoms with Gasteiger partial charge in [-0.3, -0.25) is 4.90 Å². The third-order valence-corrected chi connectivity index (χ3v) is 2.32. The van der Waals surface area contributed by atoms with Gasteiger partial charge in [0.2, 0.25) is 0 Å². The standard InChI is InChI=1S/C13H21N/c1-4-14(10-12(2)3)11-13-8-6-5-7-9-13/h5-9,12H,4,10-11H2,1-3H3. The first-order chi connectivity index (χ1) is 6.72. The second-order valence-electron chi connectivity index (χ2n) is 4.21. The molecule has 0 N–H and O–H groups in total. The zero-order valence-corrected chi connectivity index (χ0v) is 9.53. The first-order valence-corrected chi connectivity index (χ1v) is 5.48. The van der Waals surface area contributed by atoms with Crippen LogP contribution in [0, 0.1) is 5.92 Å². The SMILES string of the molecule is CCN(Cc1ccccc1)CC(C)C. The zero-order valence-electron chi connectivity index (χ0n) is 9.53. The van der Waals surface area contributed by atoms with E-state index >= 15 is 0 Å². The highest BCUT2D eigenvalue weighted by Gasteiger charge is 2.04. The van der Waals surface area contributed by atoms with Gasteiger partial charge in [0.05, 0.1) is 0 Å². The first kappa shape index (κ1) is 11.3. The van der Waals surface area contributed by atoms with E-state index in [1.165, 1.54) is 12.1 Å². The third kappa shape index (κ3) is 3.93. The highest BCUT2D eigenvalue weighted by Crippen LogP contribution is 2.06. The predicted molar refractivity (Wildman–Crippen MR) is 62.2 cm³/mol. The molecule has 1 nitrogen and oxygen atoms in total. The maximum Gasteiger partial charge on any atom is 0.0233 e. The Balaban J connectivity index is 2.48. The smallest absolute Gasteiger partial charge is 0.0233 e. The second-order valence-corrected chi connectivity index (χ2v) is 4.21. The van der Waals surface area contributed by atoms with Gasteiger partial charge in [-0.15, -0.1) is 0 Å². The lowest BCUT2D eigenvalue weighted by molar-refractivity contribution is 0.248. The molecule has 0 atom stereocenters. The maximum atomic E-state index is 2.49. The number of hydrogen-bond donors (Lipinski definition) is 0. The van der Waals surface area contributed by atoms with Gasteiger partial charge in [-0.2, -0.15) is 0 Å². The molecule has 1 heteroatoms. The Kier molecular flexibility index (Phi) is 4.68. The number of nitrogens with zero attached hydrogens (tertiary/aromatic N) is 1. The first-order valence-electron chi connectivity index (χ1n) is 5.48. The van der Waals surface area contributed by atoms with Crippen molar-refractivity contribution in [3.05, 3.63) is 35.9 Å². The van der Waals surface area contributed by atoms with E-state index in [1.54, 1.807) is 0 Å². The van der Waals surface area contributed by atoms with E-state index in [2.05, 4.69) is 56.0 Å². The third-order valence-electron chi connectivity index (χ3n) is 2.32. The van der Waals surface area contributed by atoms with Gasteiger partial charge in [0.15, 0.2) is 0 Å². The lowest BCUT2D eigenvalue weighted by atomic mass is 10.1. The second kappa shape index (κ2) is 5.82. The van der Waals surface area contributed by atoms with Crippen molar-refractivity contribution in [1.82, 2.24) is 4.90 Å². The van der Waals surface area contributed by atoms with Crippen LogP contribution in [0.25, 0.3) is 0 Å². The minimum absolute atomic E-state index is 0.749. The van der Waals surface area contributed by atoms with Crippen molar-refractivity contribution < 1.29 is 0 Å². The molecule has 1 aromatic carbocycles. The molecule has 0 aliphatic rings. The van der Waals surface area contributed by atoms with Gasteiger partial charge in [0.25, 0.3) is 0 Å². The molecule has 1 rings (SSSR count). The average molecular weight is 191 g/mol. The Morgan fingerprint density at radius 3 is 2.29 bits per heavy atom. The molecule has 0 aromatic heterocycles. The van der Waals surface area contributed by atoms with Gasteiger partial charge in [-0.1, -0.05) is 51.1 Å². The summed E-state index contributed by atoms with van der Waals surface area (Å²) in [6.07, 6.45) is 0. The van der Waals surface area contributed by atoms with Gasteiger partial charge in [0, 0.05) is 13.1 Å². The molecule has 0 fully saturated rings. The van der Waals surface area contributed by atoms with E-state index in [4.69, 9.17) is 0 Å². The van der Waals surface area contributed by atoms with Crippen LogP contribution in [-0.4, -0.2) is 18.0 Å². The van der Waals surface area contributed by atoms with E-state index in [1.807, 2.05) is 0 Å². The lowest BCUT2D eigenvalue weighted by Crippen LogP contribution is -2.26. The molecule has 0 aliphatic carbocycles. The van der Waals surface area contributed by atoms with Crippen molar-refractivity contribution in [2.24, 2.45) is 5.92 Å². The van der Waals surface area contributed by atoms with E-state index in [0.717, 1.165) is 19.0 Å². The van der Waals surface area contributed by atoms with Crippen LogP contribution in [0.5, 0.6) is 0 Å². The summed E-state index contributed by atoms with van der Waals surface area (Å²) in [7, 11) is 0. The van der Waals surface area contributed by atoms with Gasteiger partial charge in [0.1, 0.15) is 0 Å². The van der Waals surface area contributed by atoms with E-state index in [0.29, 0.717) is 0 Å². The van der Waals surface area contributed by atoms with E-state index < -0.39 is 0 Å². The lowest BCUT2D eigenvalue weighted by Gasteiger charge is -2.22. The van der Waals surface area contributed by atoms with Crippen molar-refractivity contribution >= 4 is 0 Å². The van der Waals surface area contributed by atoms with Crippen LogP contribution in [0.2, 0.25) is 0 Å². The van der Waals surface area contributed by atoms with Gasteiger partial charge in [-0.05, 0) is 18.0 Å². The highest BCUT2D eigenvalue weighted by atomic mass is 15.1. The Labute approximate surface area is 87.7 Å². The summed E-state index contributed by atoms with van der Waals surface area (Å²) in [6.45, 7) is 10.2. The average Bonchev–Trinajstić information content (AvgIpc) is 2.17. The molecule has 0 radical (unpaired) electrons. The normalized spacial score (nSPS) is 11.2. The summed E-state index contributed by atoms with van der Waals surface area (Å²) >= 11 is 0. The summed E-state index contributed by atoms with van der Waals surface area (Å²) in [5.41, 5.74) is 1.41. The van der Waals surface area contributed by atoms with Crippen molar-refractivity contribution in [1.29, 1.82) is 0 Å². The van der Waals surface area contributed by atoms with Crippen LogP contribution in [0.4, 0.5) is 0 Å². The van der Waals surface area contributed by atoms with Crippen LogP contribution in [0.3, 0.4) is 0 Å². The van der Waals surface area contributed by atoms with Crippen LogP contribution in [0.1, 0.15) is 26.3 Å². The van der Waals surface area contributed by atoms with Crippen molar-refractivity contribution in [2.75, 3.05) is 13.1 Å². The fourth-order valence-electron chi connectivity index (χ4n) is 1.66. The molecule has 0 spiro atoms. The Morgan fingerprint density at radius 2 is 1.79 bits per heavy atom. The molecule has 0 heterocycles. The summed E-state index contributed by atoms with van der Waals surface area (Å²) < 4.78 is 0. The molecular formula is C13H21N. The Bertz CT molecular complexity index is 241. The quantitative estimate of drug-likeness (QED) is 0.691. The molecule has 0 amide bonds. The molecule has 0 saturated carbocycles. The monoisotopic (exact) mass is 191 g/mol. The minimum atomic E-state index is 0.749. The Hall–Kier alpha value is -0.820. The largest absolute Gasteiger partial charge is 0.299 e. The summed E-state index contributed by atoms with van der Waals surface area (Å²) in [5, 5.41) is 0. The molecular weight excluding hydrogens is 170 g/mol. The van der Waals surface area contributed by atoms with Crippen molar-refractivity contribution in [3.63, 3.8) is 0 Å². The Morgan fingerprint density at radius 1 is 1.14 bits per heavy atom. The van der Waals surface area contributed by atoms with Crippen LogP contribution < -0.4 is 0 Å². The fraction of sp³-hybridized carbons (Fsp3) is 0.538. The number of rotatable bonds is 5. The highest BCUT2D eigenvalue weighted by molar-refractivity contribution is 5.14. The molecule has 0 aliphatic heterocycles. The summed E-state index contributed by atoms with van der Waals surface area (Å²) in [5.74, 6) is 0.749. The fourth-order valence-corrected chi connectivity index (χ4v) is 1.66. The topological polar surface area (TPSA) is 3.24 Å². The molecule has 0 unspecified atom stereocenters. The number of hydrogen-bond acceptors (Lipinski definition) is 1. The predicted octanol–water partition coefficient (Wildman–Crippen LogP) is 3.16. The van der Waals surface area contributed by atoms with Crippen LogP contribution in [-0.2, 0) is 6.54 Å². The maximum absolute atomic E-state index is 2.49. The van der Waals surface area contributed by atoms with Gasteiger partial charge >= 0.3 is 0 Å².